The number of piperidine rings is 1. The molecule has 0 amide bonds. The van der Waals surface area contributed by atoms with Gasteiger partial charge < -0.3 is 10.0 Å². The number of thiazole rings is 1. The maximum atomic E-state index is 10.6. The van der Waals surface area contributed by atoms with Crippen LogP contribution in [0.2, 0.25) is 0 Å². The molecule has 1 fully saturated rings. The Morgan fingerprint density at radius 2 is 2.28 bits per heavy atom. The Labute approximate surface area is 112 Å². The maximum Gasteiger partial charge on any atom is 0.309 e. The Bertz CT molecular complexity index is 397. The second kappa shape index (κ2) is 6.18. The molecule has 5 heteroatoms. The van der Waals surface area contributed by atoms with Crippen LogP contribution in [0.4, 0.5) is 5.13 Å². The van der Waals surface area contributed by atoms with E-state index in [0.717, 1.165) is 24.1 Å². The van der Waals surface area contributed by atoms with Gasteiger partial charge in [-0.15, -0.1) is 11.3 Å². The van der Waals surface area contributed by atoms with Gasteiger partial charge in [-0.25, -0.2) is 4.98 Å². The van der Waals surface area contributed by atoms with E-state index in [1.165, 1.54) is 25.7 Å². The van der Waals surface area contributed by atoms with E-state index in [-0.39, 0.29) is 6.42 Å². The average Bonchev–Trinajstić information content (AvgIpc) is 2.78. The highest BCUT2D eigenvalue weighted by Crippen LogP contribution is 2.28. The molecule has 1 aromatic heterocycles. The lowest BCUT2D eigenvalue weighted by atomic mass is 9.93. The van der Waals surface area contributed by atoms with Gasteiger partial charge in [-0.1, -0.05) is 19.8 Å². The number of hydrogen-bond donors (Lipinski definition) is 1. The minimum Gasteiger partial charge on any atom is -0.481 e. The van der Waals surface area contributed by atoms with Crippen molar-refractivity contribution in [3.8, 4) is 0 Å². The van der Waals surface area contributed by atoms with Gasteiger partial charge in [0.25, 0.3) is 0 Å². The third-order valence-corrected chi connectivity index (χ3v) is 4.40. The Balaban J connectivity index is 1.89. The molecule has 4 nitrogen and oxygen atoms in total. The first-order valence-corrected chi connectivity index (χ1v) is 7.48. The summed E-state index contributed by atoms with van der Waals surface area (Å²) in [6.07, 6.45) is 5.10. The van der Waals surface area contributed by atoms with E-state index in [2.05, 4.69) is 16.8 Å². The van der Waals surface area contributed by atoms with Gasteiger partial charge in [-0.05, 0) is 18.8 Å². The number of aromatic nitrogens is 1. The normalized spacial score (nSPS) is 17.1. The molecule has 0 atom stereocenters. The fraction of sp³-hybridized carbons (Fsp3) is 0.692. The van der Waals surface area contributed by atoms with Crippen molar-refractivity contribution >= 4 is 22.4 Å². The Kier molecular flexibility index (Phi) is 4.58. The van der Waals surface area contributed by atoms with E-state index in [0.29, 0.717) is 5.69 Å². The van der Waals surface area contributed by atoms with Crippen LogP contribution in [-0.2, 0) is 11.2 Å². The monoisotopic (exact) mass is 268 g/mol. The number of carboxylic acid groups (broad SMARTS) is 1. The minimum atomic E-state index is -0.812. The molecule has 2 rings (SSSR count). The van der Waals surface area contributed by atoms with E-state index in [9.17, 15) is 4.79 Å². The highest BCUT2D eigenvalue weighted by molar-refractivity contribution is 7.13. The van der Waals surface area contributed by atoms with Gasteiger partial charge in [-0.2, -0.15) is 0 Å². The van der Waals surface area contributed by atoms with Crippen molar-refractivity contribution in [3.05, 3.63) is 11.1 Å². The standard InChI is InChI=1S/C13H20N2O2S/c1-2-3-10-4-6-15(7-5-10)13-14-11(9-18-13)8-12(16)17/h9-10H,2-8H2,1H3,(H,16,17). The maximum absolute atomic E-state index is 10.6. The molecule has 1 saturated heterocycles. The summed E-state index contributed by atoms with van der Waals surface area (Å²) in [7, 11) is 0. The van der Waals surface area contributed by atoms with E-state index >= 15 is 0 Å². The molecule has 0 aliphatic carbocycles. The Morgan fingerprint density at radius 1 is 1.56 bits per heavy atom. The molecule has 0 spiro atoms. The van der Waals surface area contributed by atoms with Crippen molar-refractivity contribution in [2.24, 2.45) is 5.92 Å². The van der Waals surface area contributed by atoms with Gasteiger partial charge >= 0.3 is 5.97 Å². The molecule has 18 heavy (non-hydrogen) atoms. The third kappa shape index (κ3) is 3.45. The zero-order valence-electron chi connectivity index (χ0n) is 10.8. The first kappa shape index (κ1) is 13.3. The van der Waals surface area contributed by atoms with Gasteiger partial charge in [0.1, 0.15) is 0 Å². The largest absolute Gasteiger partial charge is 0.481 e. The van der Waals surface area contributed by atoms with Crippen LogP contribution in [-0.4, -0.2) is 29.1 Å². The number of anilines is 1. The molecule has 0 saturated carbocycles. The number of nitrogens with zero attached hydrogens (tertiary/aromatic N) is 2. The molecule has 0 unspecified atom stereocenters. The number of rotatable bonds is 5. The van der Waals surface area contributed by atoms with Crippen molar-refractivity contribution in [2.45, 2.75) is 39.0 Å². The molecule has 100 valence electrons. The lowest BCUT2D eigenvalue weighted by Crippen LogP contribution is -2.33. The second-order valence-corrected chi connectivity index (χ2v) is 5.75. The summed E-state index contributed by atoms with van der Waals surface area (Å²) >= 11 is 1.56. The summed E-state index contributed by atoms with van der Waals surface area (Å²) in [6, 6.07) is 0. The van der Waals surface area contributed by atoms with Crippen molar-refractivity contribution in [1.82, 2.24) is 4.98 Å². The lowest BCUT2D eigenvalue weighted by Gasteiger charge is -2.31. The van der Waals surface area contributed by atoms with Crippen LogP contribution in [0, 0.1) is 5.92 Å². The summed E-state index contributed by atoms with van der Waals surface area (Å²) in [5.41, 5.74) is 0.679. The number of aliphatic carboxylic acids is 1. The quantitative estimate of drug-likeness (QED) is 0.892. The fourth-order valence-corrected chi connectivity index (χ4v) is 3.38. The minimum absolute atomic E-state index is 0.0306. The summed E-state index contributed by atoms with van der Waals surface area (Å²) in [5.74, 6) is 0.0539. The predicted molar refractivity (Wildman–Crippen MR) is 73.3 cm³/mol. The molecule has 0 radical (unpaired) electrons. The van der Waals surface area contributed by atoms with Gasteiger partial charge in [0, 0.05) is 18.5 Å². The molecule has 0 bridgehead atoms. The van der Waals surface area contributed by atoms with Crippen LogP contribution in [0.3, 0.4) is 0 Å². The summed E-state index contributed by atoms with van der Waals surface area (Å²) < 4.78 is 0. The number of carboxylic acids is 1. The highest BCUT2D eigenvalue weighted by Gasteiger charge is 2.20. The van der Waals surface area contributed by atoms with Gasteiger partial charge in [-0.3, -0.25) is 4.79 Å². The zero-order valence-corrected chi connectivity index (χ0v) is 11.6. The Hall–Kier alpha value is -1.10. The van der Waals surface area contributed by atoms with Gasteiger partial charge in [0.15, 0.2) is 5.13 Å². The molecule has 1 aliphatic rings. The second-order valence-electron chi connectivity index (χ2n) is 4.91. The van der Waals surface area contributed by atoms with E-state index < -0.39 is 5.97 Å². The molecule has 0 aromatic carbocycles. The first-order chi connectivity index (χ1) is 8.69. The summed E-state index contributed by atoms with van der Waals surface area (Å²) in [6.45, 7) is 4.36. The van der Waals surface area contributed by atoms with Crippen LogP contribution < -0.4 is 4.90 Å². The van der Waals surface area contributed by atoms with E-state index in [1.807, 2.05) is 5.38 Å². The summed E-state index contributed by atoms with van der Waals surface area (Å²) in [4.78, 5) is 17.3. The van der Waals surface area contributed by atoms with E-state index in [4.69, 9.17) is 5.11 Å². The van der Waals surface area contributed by atoms with Crippen LogP contribution in [0.25, 0.3) is 0 Å². The zero-order chi connectivity index (χ0) is 13.0. The molecule has 1 aromatic rings. The van der Waals surface area contributed by atoms with Crippen molar-refractivity contribution in [1.29, 1.82) is 0 Å². The topological polar surface area (TPSA) is 53.4 Å². The molecule has 1 aliphatic heterocycles. The van der Waals surface area contributed by atoms with Gasteiger partial charge in [0.2, 0.25) is 0 Å². The first-order valence-electron chi connectivity index (χ1n) is 6.60. The number of carbonyl (C=O) groups is 1. The van der Waals surface area contributed by atoms with Crippen molar-refractivity contribution in [2.75, 3.05) is 18.0 Å². The fourth-order valence-electron chi connectivity index (χ4n) is 2.50. The van der Waals surface area contributed by atoms with Crippen molar-refractivity contribution in [3.63, 3.8) is 0 Å². The van der Waals surface area contributed by atoms with Crippen LogP contribution in [0.15, 0.2) is 5.38 Å². The smallest absolute Gasteiger partial charge is 0.309 e. The van der Waals surface area contributed by atoms with Crippen LogP contribution >= 0.6 is 11.3 Å². The summed E-state index contributed by atoms with van der Waals surface area (Å²) in [5, 5.41) is 11.6. The average molecular weight is 268 g/mol. The third-order valence-electron chi connectivity index (χ3n) is 3.45. The molecular formula is C13H20N2O2S. The molecule has 2 heterocycles. The van der Waals surface area contributed by atoms with Crippen molar-refractivity contribution < 1.29 is 9.90 Å². The van der Waals surface area contributed by atoms with Crippen LogP contribution in [0.5, 0.6) is 0 Å². The molecular weight excluding hydrogens is 248 g/mol. The number of hydrogen-bond acceptors (Lipinski definition) is 4. The van der Waals surface area contributed by atoms with E-state index in [1.54, 1.807) is 11.3 Å². The SMILES string of the molecule is CCCC1CCN(c2nc(CC(=O)O)cs2)CC1. The highest BCUT2D eigenvalue weighted by atomic mass is 32.1. The molecule has 1 N–H and O–H groups in total. The lowest BCUT2D eigenvalue weighted by molar-refractivity contribution is -0.136. The van der Waals surface area contributed by atoms with Gasteiger partial charge in [0.05, 0.1) is 12.1 Å². The Morgan fingerprint density at radius 3 is 2.89 bits per heavy atom. The predicted octanol–water partition coefficient (Wildman–Crippen LogP) is 2.79. The van der Waals surface area contributed by atoms with Crippen LogP contribution in [0.1, 0.15) is 38.3 Å².